The summed E-state index contributed by atoms with van der Waals surface area (Å²) < 4.78 is 4.98. The Morgan fingerprint density at radius 3 is 2.86 bits per heavy atom. The fraction of sp³-hybridized carbons (Fsp3) is 0.900. The van der Waals surface area contributed by atoms with Gasteiger partial charge in [0.05, 0.1) is 24.2 Å². The normalized spacial score (nSPS) is 52.7. The van der Waals surface area contributed by atoms with Crippen LogP contribution >= 0.6 is 0 Å². The number of aliphatic hydroxyl groups is 2. The zero-order chi connectivity index (χ0) is 10.5. The number of carbonyl (C=O) groups is 1. The topological polar surface area (TPSA) is 66.8 Å². The number of hydrogen-bond acceptors (Lipinski definition) is 4. The SMILES string of the molecule is C[C@H]1C(=O)OC[C@H]2[C@@H]1C[C@H](O)[C@@]2(C)O. The number of aliphatic hydroxyl groups excluding tert-OH is 1. The molecule has 0 amide bonds. The lowest BCUT2D eigenvalue weighted by atomic mass is 9.79. The van der Waals surface area contributed by atoms with Crippen molar-refractivity contribution < 1.29 is 19.7 Å². The van der Waals surface area contributed by atoms with Gasteiger partial charge in [0.1, 0.15) is 0 Å². The maximum absolute atomic E-state index is 11.3. The van der Waals surface area contributed by atoms with Crippen molar-refractivity contribution in [3.8, 4) is 0 Å². The highest BCUT2D eigenvalue weighted by atomic mass is 16.5. The molecular formula is C10H16O4. The average molecular weight is 200 g/mol. The van der Waals surface area contributed by atoms with Gasteiger partial charge >= 0.3 is 5.97 Å². The van der Waals surface area contributed by atoms with E-state index in [4.69, 9.17) is 4.74 Å². The van der Waals surface area contributed by atoms with Gasteiger partial charge in [-0.2, -0.15) is 0 Å². The summed E-state index contributed by atoms with van der Waals surface area (Å²) in [5, 5.41) is 19.7. The van der Waals surface area contributed by atoms with E-state index in [0.29, 0.717) is 6.42 Å². The molecule has 2 N–H and O–H groups in total. The molecule has 0 unspecified atom stereocenters. The smallest absolute Gasteiger partial charge is 0.308 e. The number of esters is 1. The molecule has 0 aromatic carbocycles. The molecule has 2 rings (SSSR count). The van der Waals surface area contributed by atoms with Crippen LogP contribution in [-0.4, -0.2) is 34.5 Å². The van der Waals surface area contributed by atoms with Crippen LogP contribution in [0, 0.1) is 17.8 Å². The molecular weight excluding hydrogens is 184 g/mol. The van der Waals surface area contributed by atoms with Crippen LogP contribution in [0.4, 0.5) is 0 Å². The van der Waals surface area contributed by atoms with Gasteiger partial charge in [0.25, 0.3) is 0 Å². The largest absolute Gasteiger partial charge is 0.465 e. The third kappa shape index (κ3) is 1.17. The summed E-state index contributed by atoms with van der Waals surface area (Å²) in [4.78, 5) is 11.3. The van der Waals surface area contributed by atoms with Crippen LogP contribution in [0.25, 0.3) is 0 Å². The number of rotatable bonds is 0. The molecule has 5 atom stereocenters. The summed E-state index contributed by atoms with van der Waals surface area (Å²) in [6.07, 6.45) is -0.247. The Labute approximate surface area is 82.9 Å². The summed E-state index contributed by atoms with van der Waals surface area (Å²) in [6, 6.07) is 0. The van der Waals surface area contributed by atoms with E-state index in [-0.39, 0.29) is 30.3 Å². The van der Waals surface area contributed by atoms with E-state index in [0.717, 1.165) is 0 Å². The Balaban J connectivity index is 2.25. The summed E-state index contributed by atoms with van der Waals surface area (Å²) >= 11 is 0. The monoisotopic (exact) mass is 200 g/mol. The quantitative estimate of drug-likeness (QED) is 0.537. The third-order valence-electron chi connectivity index (χ3n) is 3.86. The Bertz CT molecular complexity index is 261. The molecule has 2 aliphatic rings. The highest BCUT2D eigenvalue weighted by Gasteiger charge is 2.55. The van der Waals surface area contributed by atoms with E-state index < -0.39 is 11.7 Å². The molecule has 4 heteroatoms. The van der Waals surface area contributed by atoms with Gasteiger partial charge in [-0.1, -0.05) is 6.92 Å². The highest BCUT2D eigenvalue weighted by molar-refractivity contribution is 5.73. The predicted molar refractivity (Wildman–Crippen MR) is 48.4 cm³/mol. The molecule has 1 saturated carbocycles. The standard InChI is InChI=1S/C10H16O4/c1-5-6-3-8(11)10(2,13)7(6)4-14-9(5)12/h5-8,11,13H,3-4H2,1-2H3/t5-,6-,7+,8+,10+/m1/s1. The van der Waals surface area contributed by atoms with Gasteiger partial charge in [-0.05, 0) is 19.3 Å². The lowest BCUT2D eigenvalue weighted by Gasteiger charge is -2.35. The van der Waals surface area contributed by atoms with Gasteiger partial charge in [-0.15, -0.1) is 0 Å². The Morgan fingerprint density at radius 2 is 2.21 bits per heavy atom. The highest BCUT2D eigenvalue weighted by Crippen LogP contribution is 2.46. The zero-order valence-corrected chi connectivity index (χ0v) is 8.43. The van der Waals surface area contributed by atoms with Crippen LogP contribution < -0.4 is 0 Å². The molecule has 1 heterocycles. The van der Waals surface area contributed by atoms with E-state index in [1.165, 1.54) is 0 Å². The second kappa shape index (κ2) is 2.94. The van der Waals surface area contributed by atoms with Crippen molar-refractivity contribution in [1.29, 1.82) is 0 Å². The first-order valence-corrected chi connectivity index (χ1v) is 5.01. The minimum atomic E-state index is -1.11. The van der Waals surface area contributed by atoms with Crippen molar-refractivity contribution in [2.24, 2.45) is 17.8 Å². The minimum Gasteiger partial charge on any atom is -0.465 e. The van der Waals surface area contributed by atoms with Crippen LogP contribution in [0.5, 0.6) is 0 Å². The summed E-state index contributed by atoms with van der Waals surface area (Å²) in [6.45, 7) is 3.65. The van der Waals surface area contributed by atoms with Crippen LogP contribution in [0.2, 0.25) is 0 Å². The number of fused-ring (bicyclic) bond motifs is 1. The van der Waals surface area contributed by atoms with Crippen LogP contribution in [0.3, 0.4) is 0 Å². The lowest BCUT2D eigenvalue weighted by molar-refractivity contribution is -0.166. The van der Waals surface area contributed by atoms with Crippen molar-refractivity contribution in [1.82, 2.24) is 0 Å². The molecule has 1 aliphatic heterocycles. The van der Waals surface area contributed by atoms with E-state index >= 15 is 0 Å². The lowest BCUT2D eigenvalue weighted by Crippen LogP contribution is -2.46. The number of carbonyl (C=O) groups excluding carboxylic acids is 1. The van der Waals surface area contributed by atoms with Crippen LogP contribution in [-0.2, 0) is 9.53 Å². The molecule has 0 bridgehead atoms. The molecule has 0 spiro atoms. The fourth-order valence-corrected chi connectivity index (χ4v) is 2.66. The van der Waals surface area contributed by atoms with Crippen LogP contribution in [0.15, 0.2) is 0 Å². The molecule has 2 fully saturated rings. The third-order valence-corrected chi connectivity index (χ3v) is 3.86. The zero-order valence-electron chi connectivity index (χ0n) is 8.43. The number of hydrogen-bond donors (Lipinski definition) is 2. The molecule has 4 nitrogen and oxygen atoms in total. The first-order valence-electron chi connectivity index (χ1n) is 5.01. The Morgan fingerprint density at radius 1 is 1.57 bits per heavy atom. The Hall–Kier alpha value is -0.610. The maximum Gasteiger partial charge on any atom is 0.308 e. The molecule has 1 aliphatic carbocycles. The molecule has 0 aromatic heterocycles. The first-order chi connectivity index (χ1) is 6.44. The van der Waals surface area contributed by atoms with E-state index in [9.17, 15) is 15.0 Å². The summed E-state index contributed by atoms with van der Waals surface area (Å²) in [5.74, 6) is -0.486. The summed E-state index contributed by atoms with van der Waals surface area (Å²) in [5.41, 5.74) is -1.11. The molecule has 14 heavy (non-hydrogen) atoms. The van der Waals surface area contributed by atoms with E-state index in [1.807, 2.05) is 0 Å². The second-order valence-electron chi connectivity index (χ2n) is 4.67. The first kappa shape index (κ1) is 9.93. The van der Waals surface area contributed by atoms with Gasteiger partial charge < -0.3 is 14.9 Å². The second-order valence-corrected chi connectivity index (χ2v) is 4.67. The van der Waals surface area contributed by atoms with Crippen molar-refractivity contribution in [2.75, 3.05) is 6.61 Å². The Kier molecular flexibility index (Phi) is 2.08. The fourth-order valence-electron chi connectivity index (χ4n) is 2.66. The average Bonchev–Trinajstić information content (AvgIpc) is 2.33. The summed E-state index contributed by atoms with van der Waals surface area (Å²) in [7, 11) is 0. The van der Waals surface area contributed by atoms with Crippen molar-refractivity contribution >= 4 is 5.97 Å². The number of cyclic esters (lactones) is 1. The van der Waals surface area contributed by atoms with Crippen molar-refractivity contribution in [2.45, 2.75) is 32.0 Å². The molecule has 0 radical (unpaired) electrons. The van der Waals surface area contributed by atoms with Gasteiger partial charge in [0.15, 0.2) is 0 Å². The predicted octanol–water partition coefficient (Wildman–Crippen LogP) is -0.0727. The molecule has 80 valence electrons. The minimum absolute atomic E-state index is 0.0567. The van der Waals surface area contributed by atoms with Gasteiger partial charge in [0.2, 0.25) is 0 Å². The molecule has 1 saturated heterocycles. The van der Waals surface area contributed by atoms with E-state index in [2.05, 4.69) is 0 Å². The van der Waals surface area contributed by atoms with Crippen molar-refractivity contribution in [3.05, 3.63) is 0 Å². The maximum atomic E-state index is 11.3. The van der Waals surface area contributed by atoms with Crippen molar-refractivity contribution in [3.63, 3.8) is 0 Å². The van der Waals surface area contributed by atoms with E-state index in [1.54, 1.807) is 13.8 Å². The van der Waals surface area contributed by atoms with Crippen LogP contribution in [0.1, 0.15) is 20.3 Å². The molecule has 0 aromatic rings. The number of ether oxygens (including phenoxy) is 1. The van der Waals surface area contributed by atoms with Gasteiger partial charge in [-0.3, -0.25) is 4.79 Å². The van der Waals surface area contributed by atoms with Gasteiger partial charge in [0, 0.05) is 5.92 Å². The van der Waals surface area contributed by atoms with Gasteiger partial charge in [-0.25, -0.2) is 0 Å².